The van der Waals surface area contributed by atoms with Crippen LogP contribution in [0.4, 0.5) is 5.00 Å². The Morgan fingerprint density at radius 2 is 1.97 bits per heavy atom. The molecule has 1 aromatic carbocycles. The van der Waals surface area contributed by atoms with Gasteiger partial charge in [-0.25, -0.2) is 4.79 Å². The van der Waals surface area contributed by atoms with Gasteiger partial charge in [0.05, 0.1) is 24.8 Å². The molecule has 4 rings (SSSR count). The maximum absolute atomic E-state index is 13.6. The summed E-state index contributed by atoms with van der Waals surface area (Å²) in [6.45, 7) is 4.09. The molecule has 1 amide bonds. The number of benzene rings is 1. The van der Waals surface area contributed by atoms with Gasteiger partial charge >= 0.3 is 5.97 Å². The normalized spacial score (nSPS) is 17.6. The largest absolute Gasteiger partial charge is 0.497 e. The van der Waals surface area contributed by atoms with Crippen LogP contribution in [0.1, 0.15) is 69.3 Å². The van der Waals surface area contributed by atoms with E-state index >= 15 is 0 Å². The summed E-state index contributed by atoms with van der Waals surface area (Å²) in [5, 5.41) is 10.1. The molecule has 0 saturated heterocycles. The smallest absolute Gasteiger partial charge is 0.359 e. The van der Waals surface area contributed by atoms with Gasteiger partial charge in [0, 0.05) is 22.8 Å². The fourth-order valence-electron chi connectivity index (χ4n) is 4.83. The highest BCUT2D eigenvalue weighted by molar-refractivity contribution is 7.16. The molecule has 1 fully saturated rings. The highest BCUT2D eigenvalue weighted by Crippen LogP contribution is 2.35. The number of hydrogen-bond acceptors (Lipinski definition) is 7. The van der Waals surface area contributed by atoms with Gasteiger partial charge in [-0.05, 0) is 50.7 Å². The highest BCUT2D eigenvalue weighted by atomic mass is 32.1. The standard InChI is InChI=1S/C27H33N3O5S/c1-4-6-8-17-11-13-18(14-12-17)24(31)28-25-22-21(16-36-25)23(27(33)35-5-2)29-30(26(22)32)19-9-7-10-20(15-19)34-3/h7,9-10,15-18H,4-6,8,11-14H2,1-3H3,(H,28,31). The van der Waals surface area contributed by atoms with Crippen LogP contribution in [0.2, 0.25) is 0 Å². The van der Waals surface area contributed by atoms with Crippen LogP contribution < -0.4 is 15.6 Å². The number of carbonyl (C=O) groups excluding carboxylic acids is 2. The lowest BCUT2D eigenvalue weighted by molar-refractivity contribution is -0.121. The number of nitrogens with one attached hydrogen (secondary N) is 1. The first-order valence-electron chi connectivity index (χ1n) is 12.6. The number of fused-ring (bicyclic) bond motifs is 1. The van der Waals surface area contributed by atoms with E-state index in [0.717, 1.165) is 25.7 Å². The summed E-state index contributed by atoms with van der Waals surface area (Å²) in [7, 11) is 1.53. The van der Waals surface area contributed by atoms with E-state index in [4.69, 9.17) is 9.47 Å². The highest BCUT2D eigenvalue weighted by Gasteiger charge is 2.28. The van der Waals surface area contributed by atoms with Crippen molar-refractivity contribution in [2.45, 2.75) is 58.8 Å². The van der Waals surface area contributed by atoms with Gasteiger partial charge < -0.3 is 14.8 Å². The molecule has 1 aliphatic rings. The number of anilines is 1. The number of methoxy groups -OCH3 is 1. The second-order valence-corrected chi connectivity index (χ2v) is 10.1. The maximum atomic E-state index is 13.6. The first-order chi connectivity index (χ1) is 17.5. The van der Waals surface area contributed by atoms with Gasteiger partial charge in [-0.3, -0.25) is 9.59 Å². The molecule has 192 valence electrons. The Morgan fingerprint density at radius 3 is 2.67 bits per heavy atom. The van der Waals surface area contributed by atoms with E-state index < -0.39 is 11.5 Å². The number of ether oxygens (including phenoxy) is 2. The minimum Gasteiger partial charge on any atom is -0.497 e. The van der Waals surface area contributed by atoms with Gasteiger partial charge in [-0.2, -0.15) is 9.78 Å². The monoisotopic (exact) mass is 511 g/mol. The predicted octanol–water partition coefficient (Wildman–Crippen LogP) is 5.57. The molecule has 0 unspecified atom stereocenters. The first-order valence-corrected chi connectivity index (χ1v) is 13.5. The molecule has 0 radical (unpaired) electrons. The van der Waals surface area contributed by atoms with Crippen LogP contribution in [0.3, 0.4) is 0 Å². The van der Waals surface area contributed by atoms with Gasteiger partial charge in [0.25, 0.3) is 5.56 Å². The Kier molecular flexibility index (Phi) is 8.40. The summed E-state index contributed by atoms with van der Waals surface area (Å²) < 4.78 is 11.7. The Labute approximate surface area is 214 Å². The number of carbonyl (C=O) groups is 2. The Bertz CT molecular complexity index is 1290. The summed E-state index contributed by atoms with van der Waals surface area (Å²) in [6.07, 6.45) is 7.49. The minimum absolute atomic E-state index is 0.0300. The van der Waals surface area contributed by atoms with Crippen molar-refractivity contribution in [2.24, 2.45) is 11.8 Å². The van der Waals surface area contributed by atoms with Gasteiger partial charge in [-0.1, -0.05) is 32.3 Å². The molecule has 1 aliphatic carbocycles. The lowest BCUT2D eigenvalue weighted by Gasteiger charge is -2.27. The quantitative estimate of drug-likeness (QED) is 0.377. The average molecular weight is 512 g/mol. The molecule has 9 heteroatoms. The lowest BCUT2D eigenvalue weighted by atomic mass is 9.79. The van der Waals surface area contributed by atoms with Gasteiger partial charge in [-0.15, -0.1) is 11.3 Å². The van der Waals surface area contributed by atoms with Gasteiger partial charge in [0.15, 0.2) is 5.69 Å². The molecule has 2 heterocycles. The molecule has 3 aromatic rings. The van der Waals surface area contributed by atoms with Crippen LogP contribution in [0, 0.1) is 11.8 Å². The number of rotatable bonds is 9. The van der Waals surface area contributed by atoms with E-state index in [2.05, 4.69) is 17.3 Å². The average Bonchev–Trinajstić information content (AvgIpc) is 3.32. The number of unbranched alkanes of at least 4 members (excludes halogenated alkanes) is 1. The summed E-state index contributed by atoms with van der Waals surface area (Å²) in [5.74, 6) is 0.471. The van der Waals surface area contributed by atoms with E-state index in [1.807, 2.05) is 0 Å². The van der Waals surface area contributed by atoms with Crippen LogP contribution in [0.5, 0.6) is 5.75 Å². The van der Waals surface area contributed by atoms with E-state index in [0.29, 0.717) is 27.7 Å². The zero-order chi connectivity index (χ0) is 25.7. The van der Waals surface area contributed by atoms with Crippen LogP contribution in [-0.4, -0.2) is 35.4 Å². The van der Waals surface area contributed by atoms with E-state index in [1.54, 1.807) is 36.6 Å². The molecule has 0 spiro atoms. The number of nitrogens with zero attached hydrogens (tertiary/aromatic N) is 2. The Morgan fingerprint density at radius 1 is 1.19 bits per heavy atom. The van der Waals surface area contributed by atoms with Crippen molar-refractivity contribution in [3.05, 3.63) is 45.7 Å². The molecular formula is C27H33N3O5S. The van der Waals surface area contributed by atoms with Gasteiger partial charge in [0.2, 0.25) is 5.91 Å². The van der Waals surface area contributed by atoms with Crippen molar-refractivity contribution < 1.29 is 19.1 Å². The van der Waals surface area contributed by atoms with E-state index in [9.17, 15) is 14.4 Å². The molecular weight excluding hydrogens is 478 g/mol. The fraction of sp³-hybridized carbons (Fsp3) is 0.481. The zero-order valence-electron chi connectivity index (χ0n) is 21.0. The summed E-state index contributed by atoms with van der Waals surface area (Å²) >= 11 is 1.22. The third-order valence-corrected chi connectivity index (χ3v) is 7.73. The van der Waals surface area contributed by atoms with E-state index in [-0.39, 0.29) is 29.5 Å². The predicted molar refractivity (Wildman–Crippen MR) is 141 cm³/mol. The number of amides is 1. The maximum Gasteiger partial charge on any atom is 0.359 e. The summed E-state index contributed by atoms with van der Waals surface area (Å²) in [6, 6.07) is 6.87. The van der Waals surface area contributed by atoms with E-state index in [1.165, 1.54) is 42.4 Å². The van der Waals surface area contributed by atoms with Crippen molar-refractivity contribution in [3.8, 4) is 11.4 Å². The Balaban J connectivity index is 1.68. The molecule has 0 aliphatic heterocycles. The van der Waals surface area contributed by atoms with Crippen LogP contribution >= 0.6 is 11.3 Å². The first kappa shape index (κ1) is 25.9. The third kappa shape index (κ3) is 5.46. The second kappa shape index (κ2) is 11.7. The van der Waals surface area contributed by atoms with Crippen molar-refractivity contribution in [2.75, 3.05) is 19.0 Å². The third-order valence-electron chi connectivity index (χ3n) is 6.84. The number of esters is 1. The van der Waals surface area contributed by atoms with Crippen LogP contribution in [0.25, 0.3) is 16.5 Å². The molecule has 0 atom stereocenters. The number of hydrogen-bond donors (Lipinski definition) is 1. The van der Waals surface area contributed by atoms with Crippen molar-refractivity contribution in [3.63, 3.8) is 0 Å². The van der Waals surface area contributed by atoms with Crippen molar-refractivity contribution >= 4 is 39.0 Å². The Hall–Kier alpha value is -3.20. The van der Waals surface area contributed by atoms with Crippen molar-refractivity contribution in [1.82, 2.24) is 9.78 Å². The fourth-order valence-corrected chi connectivity index (χ4v) is 5.77. The molecule has 0 bridgehead atoms. The molecule has 36 heavy (non-hydrogen) atoms. The van der Waals surface area contributed by atoms with Crippen LogP contribution in [0.15, 0.2) is 34.4 Å². The summed E-state index contributed by atoms with van der Waals surface area (Å²) in [4.78, 5) is 39.5. The van der Waals surface area contributed by atoms with Crippen molar-refractivity contribution in [1.29, 1.82) is 0 Å². The summed E-state index contributed by atoms with van der Waals surface area (Å²) in [5.41, 5.74) is 0.0502. The van der Waals surface area contributed by atoms with Crippen LogP contribution in [-0.2, 0) is 9.53 Å². The topological polar surface area (TPSA) is 99.5 Å². The zero-order valence-corrected chi connectivity index (χ0v) is 21.9. The number of aromatic nitrogens is 2. The molecule has 8 nitrogen and oxygen atoms in total. The lowest BCUT2D eigenvalue weighted by Crippen LogP contribution is -2.28. The SMILES string of the molecule is CCCCC1CCC(C(=O)Nc2scc3c(C(=O)OCC)nn(-c4cccc(OC)c4)c(=O)c23)CC1. The molecule has 2 aromatic heterocycles. The second-order valence-electron chi connectivity index (χ2n) is 9.19. The van der Waals surface area contributed by atoms with Gasteiger partial charge in [0.1, 0.15) is 10.8 Å². The number of thiophene rings is 1. The molecule has 1 N–H and O–H groups in total. The minimum atomic E-state index is -0.625. The molecule has 1 saturated carbocycles.